The van der Waals surface area contributed by atoms with Gasteiger partial charge in [-0.15, -0.1) is 0 Å². The number of benzene rings is 6. The maximum atomic E-state index is 2.27. The van der Waals surface area contributed by atoms with Crippen LogP contribution >= 0.6 is 0 Å². The monoisotopic (exact) mass is 432 g/mol. The predicted octanol–water partition coefficient (Wildman–Crippen LogP) is 9.51. The van der Waals surface area contributed by atoms with E-state index in [-0.39, 0.29) is 0 Å². The Balaban J connectivity index is 1.22. The maximum absolute atomic E-state index is 2.27. The quantitative estimate of drug-likeness (QED) is 0.260. The molecule has 0 saturated carbocycles. The third-order valence-electron chi connectivity index (χ3n) is 6.51. The fourth-order valence-electron chi connectivity index (χ4n) is 4.56. The lowest BCUT2D eigenvalue weighted by Crippen LogP contribution is -1.83. The van der Waals surface area contributed by atoms with Crippen molar-refractivity contribution in [1.29, 1.82) is 0 Å². The van der Waals surface area contributed by atoms with Crippen LogP contribution < -0.4 is 0 Å². The lowest BCUT2D eigenvalue weighted by Gasteiger charge is -2.08. The Morgan fingerprint density at radius 3 is 1.00 bits per heavy atom. The van der Waals surface area contributed by atoms with Gasteiger partial charge in [0, 0.05) is 0 Å². The van der Waals surface area contributed by atoms with Crippen LogP contribution in [0.5, 0.6) is 0 Å². The van der Waals surface area contributed by atoms with Gasteiger partial charge in [0.2, 0.25) is 0 Å². The van der Waals surface area contributed by atoms with Crippen LogP contribution in [0.4, 0.5) is 0 Å². The summed E-state index contributed by atoms with van der Waals surface area (Å²) < 4.78 is 0. The minimum absolute atomic E-state index is 1.23. The summed E-state index contributed by atoms with van der Waals surface area (Å²) in [5, 5.41) is 2.55. The van der Waals surface area contributed by atoms with Gasteiger partial charge in [-0.25, -0.2) is 0 Å². The van der Waals surface area contributed by atoms with Crippen molar-refractivity contribution in [3.05, 3.63) is 146 Å². The van der Waals surface area contributed by atoms with Crippen molar-refractivity contribution in [3.8, 4) is 44.5 Å². The Labute approximate surface area is 200 Å². The van der Waals surface area contributed by atoms with E-state index in [1.165, 1.54) is 55.3 Å². The van der Waals surface area contributed by atoms with Crippen LogP contribution in [-0.4, -0.2) is 0 Å². The van der Waals surface area contributed by atoms with Crippen LogP contribution in [0.1, 0.15) is 0 Å². The third-order valence-corrected chi connectivity index (χ3v) is 6.51. The zero-order valence-electron chi connectivity index (χ0n) is 18.9. The molecule has 0 amide bonds. The highest BCUT2D eigenvalue weighted by molar-refractivity contribution is 5.87. The molecule has 6 rings (SSSR count). The highest BCUT2D eigenvalue weighted by Crippen LogP contribution is 2.30. The smallest absolute Gasteiger partial charge is 0.0178 e. The molecule has 0 aliphatic heterocycles. The van der Waals surface area contributed by atoms with Crippen molar-refractivity contribution in [2.75, 3.05) is 0 Å². The van der Waals surface area contributed by atoms with Crippen LogP contribution in [-0.2, 0) is 0 Å². The molecule has 0 spiro atoms. The molecule has 0 bridgehead atoms. The summed E-state index contributed by atoms with van der Waals surface area (Å²) in [5.41, 5.74) is 9.91. The van der Waals surface area contributed by atoms with E-state index in [9.17, 15) is 0 Å². The standard InChI is InChI=1S/C34H24/c1-2-6-25(7-3-1)27-10-12-28(13-11-27)29-14-16-30(17-15-29)31-18-20-32(21-19-31)34-23-22-26-8-4-5-9-33(26)24-34/h1-24H. The van der Waals surface area contributed by atoms with Crippen LogP contribution in [0, 0.1) is 0 Å². The van der Waals surface area contributed by atoms with Gasteiger partial charge in [-0.05, 0) is 61.3 Å². The van der Waals surface area contributed by atoms with Crippen LogP contribution in [0.3, 0.4) is 0 Å². The molecule has 0 nitrogen and oxygen atoms in total. The van der Waals surface area contributed by atoms with E-state index in [1.807, 2.05) is 0 Å². The Bertz CT molecular complexity index is 1540. The molecule has 34 heavy (non-hydrogen) atoms. The van der Waals surface area contributed by atoms with Gasteiger partial charge in [0.05, 0.1) is 0 Å². The molecule has 0 saturated heterocycles. The fourth-order valence-corrected chi connectivity index (χ4v) is 4.56. The number of hydrogen-bond donors (Lipinski definition) is 0. The summed E-state index contributed by atoms with van der Waals surface area (Å²) in [5.74, 6) is 0. The van der Waals surface area contributed by atoms with Gasteiger partial charge in [-0.3, -0.25) is 0 Å². The van der Waals surface area contributed by atoms with Gasteiger partial charge in [0.15, 0.2) is 0 Å². The van der Waals surface area contributed by atoms with Gasteiger partial charge in [-0.1, -0.05) is 140 Å². The number of fused-ring (bicyclic) bond motifs is 1. The topological polar surface area (TPSA) is 0 Å². The zero-order chi connectivity index (χ0) is 22.7. The van der Waals surface area contributed by atoms with Crippen molar-refractivity contribution in [2.45, 2.75) is 0 Å². The summed E-state index contributed by atoms with van der Waals surface area (Å²) in [6.45, 7) is 0. The SMILES string of the molecule is c1ccc(-c2ccc(-c3ccc(-c4ccc(-c5ccc6ccccc6c5)cc4)cc3)cc2)cc1. The molecule has 0 heterocycles. The third kappa shape index (κ3) is 4.02. The van der Waals surface area contributed by atoms with Crippen LogP contribution in [0.2, 0.25) is 0 Å². The van der Waals surface area contributed by atoms with E-state index in [1.54, 1.807) is 0 Å². The minimum Gasteiger partial charge on any atom is -0.0622 e. The first-order valence-corrected chi connectivity index (χ1v) is 11.7. The van der Waals surface area contributed by atoms with E-state index in [4.69, 9.17) is 0 Å². The van der Waals surface area contributed by atoms with Crippen molar-refractivity contribution in [2.24, 2.45) is 0 Å². The second-order valence-corrected chi connectivity index (χ2v) is 8.66. The van der Waals surface area contributed by atoms with Crippen LogP contribution in [0.25, 0.3) is 55.3 Å². The summed E-state index contributed by atoms with van der Waals surface area (Å²) >= 11 is 0. The van der Waals surface area contributed by atoms with Gasteiger partial charge in [0.1, 0.15) is 0 Å². The Morgan fingerprint density at radius 1 is 0.206 bits per heavy atom. The largest absolute Gasteiger partial charge is 0.0622 e. The number of hydrogen-bond acceptors (Lipinski definition) is 0. The Morgan fingerprint density at radius 2 is 0.529 bits per heavy atom. The van der Waals surface area contributed by atoms with Gasteiger partial charge >= 0.3 is 0 Å². The first-order valence-electron chi connectivity index (χ1n) is 11.7. The van der Waals surface area contributed by atoms with Gasteiger partial charge < -0.3 is 0 Å². The molecule has 0 aliphatic rings. The average molecular weight is 433 g/mol. The van der Waals surface area contributed by atoms with E-state index in [2.05, 4.69) is 146 Å². The van der Waals surface area contributed by atoms with E-state index in [0.717, 1.165) is 0 Å². The summed E-state index contributed by atoms with van der Waals surface area (Å²) in [7, 11) is 0. The molecule has 0 aliphatic carbocycles. The Kier molecular flexibility index (Phi) is 5.26. The van der Waals surface area contributed by atoms with E-state index in [0.29, 0.717) is 0 Å². The van der Waals surface area contributed by atoms with Gasteiger partial charge in [-0.2, -0.15) is 0 Å². The molecule has 0 N–H and O–H groups in total. The lowest BCUT2D eigenvalue weighted by atomic mass is 9.96. The average Bonchev–Trinajstić information content (AvgIpc) is 2.94. The first-order chi connectivity index (χ1) is 16.8. The highest BCUT2D eigenvalue weighted by atomic mass is 14.1. The Hall–Kier alpha value is -4.42. The normalized spacial score (nSPS) is 10.9. The molecule has 0 unspecified atom stereocenters. The second-order valence-electron chi connectivity index (χ2n) is 8.66. The van der Waals surface area contributed by atoms with Crippen molar-refractivity contribution < 1.29 is 0 Å². The molecular weight excluding hydrogens is 408 g/mol. The van der Waals surface area contributed by atoms with Crippen molar-refractivity contribution in [3.63, 3.8) is 0 Å². The van der Waals surface area contributed by atoms with Gasteiger partial charge in [0.25, 0.3) is 0 Å². The molecule has 160 valence electrons. The summed E-state index contributed by atoms with van der Waals surface area (Å²) in [6.07, 6.45) is 0. The molecule has 0 radical (unpaired) electrons. The number of rotatable bonds is 4. The van der Waals surface area contributed by atoms with Crippen molar-refractivity contribution in [1.82, 2.24) is 0 Å². The molecule has 0 aromatic heterocycles. The van der Waals surface area contributed by atoms with Crippen molar-refractivity contribution >= 4 is 10.8 Å². The fraction of sp³-hybridized carbons (Fsp3) is 0. The molecule has 0 atom stereocenters. The molecule has 6 aromatic rings. The lowest BCUT2D eigenvalue weighted by molar-refractivity contribution is 1.57. The maximum Gasteiger partial charge on any atom is -0.0178 e. The molecule has 0 heteroatoms. The predicted molar refractivity (Wildman–Crippen MR) is 146 cm³/mol. The second kappa shape index (κ2) is 8.84. The zero-order valence-corrected chi connectivity index (χ0v) is 18.9. The molecule has 6 aromatic carbocycles. The van der Waals surface area contributed by atoms with E-state index >= 15 is 0 Å². The molecular formula is C34H24. The highest BCUT2D eigenvalue weighted by Gasteiger charge is 2.04. The first kappa shape index (κ1) is 20.2. The summed E-state index contributed by atoms with van der Waals surface area (Å²) in [6, 6.07) is 52.2. The molecule has 0 fully saturated rings. The van der Waals surface area contributed by atoms with E-state index < -0.39 is 0 Å². The summed E-state index contributed by atoms with van der Waals surface area (Å²) in [4.78, 5) is 0. The van der Waals surface area contributed by atoms with Crippen LogP contribution in [0.15, 0.2) is 146 Å². The minimum atomic E-state index is 1.23.